The molecule has 1 atom stereocenters. The Morgan fingerprint density at radius 3 is 2.78 bits per heavy atom. The fourth-order valence-electron chi connectivity index (χ4n) is 1.56. The van der Waals surface area contributed by atoms with Crippen molar-refractivity contribution in [3.8, 4) is 11.6 Å². The van der Waals surface area contributed by atoms with Crippen LogP contribution in [-0.4, -0.2) is 4.98 Å². The predicted molar refractivity (Wildman–Crippen MR) is 68.1 cm³/mol. The maximum atomic E-state index is 13.1. The molecule has 0 aliphatic carbocycles. The molecule has 0 saturated heterocycles. The molecule has 0 amide bonds. The van der Waals surface area contributed by atoms with E-state index in [1.807, 2.05) is 19.9 Å². The number of rotatable bonds is 3. The summed E-state index contributed by atoms with van der Waals surface area (Å²) in [7, 11) is 0. The van der Waals surface area contributed by atoms with Crippen molar-refractivity contribution >= 4 is 0 Å². The first kappa shape index (κ1) is 12.5. The highest BCUT2D eigenvalue weighted by Gasteiger charge is 2.06. The van der Waals surface area contributed by atoms with Crippen LogP contribution >= 0.6 is 0 Å². The van der Waals surface area contributed by atoms with Gasteiger partial charge in [-0.25, -0.2) is 9.37 Å². The Hall–Kier alpha value is -1.94. The number of nitrogens with two attached hydrogens (primary N) is 1. The van der Waals surface area contributed by atoms with E-state index in [4.69, 9.17) is 10.5 Å². The fraction of sp³-hybridized carbons (Fsp3) is 0.214. The molecular formula is C14H15FN2O. The summed E-state index contributed by atoms with van der Waals surface area (Å²) in [6.07, 6.45) is 1.63. The van der Waals surface area contributed by atoms with Crippen LogP contribution in [0.4, 0.5) is 4.39 Å². The molecule has 1 aromatic carbocycles. The summed E-state index contributed by atoms with van der Waals surface area (Å²) in [6.45, 7) is 3.73. The standard InChI is InChI=1S/C14H15FN2O/c1-9-3-4-12(15)8-13(9)18-14-7-11(10(2)16)5-6-17-14/h3-8,10H,16H2,1-2H3/t10-/m1/s1. The number of benzene rings is 1. The number of hydrogen-bond acceptors (Lipinski definition) is 3. The zero-order valence-electron chi connectivity index (χ0n) is 10.4. The zero-order valence-corrected chi connectivity index (χ0v) is 10.4. The van der Waals surface area contributed by atoms with Gasteiger partial charge >= 0.3 is 0 Å². The van der Waals surface area contributed by atoms with Crippen molar-refractivity contribution in [2.45, 2.75) is 19.9 Å². The van der Waals surface area contributed by atoms with Gasteiger partial charge in [0.25, 0.3) is 0 Å². The van der Waals surface area contributed by atoms with Crippen molar-refractivity contribution in [2.24, 2.45) is 5.73 Å². The molecular weight excluding hydrogens is 231 g/mol. The van der Waals surface area contributed by atoms with Crippen LogP contribution in [0.5, 0.6) is 11.6 Å². The average molecular weight is 246 g/mol. The molecule has 2 aromatic rings. The lowest BCUT2D eigenvalue weighted by Crippen LogP contribution is -2.05. The maximum Gasteiger partial charge on any atom is 0.219 e. The lowest BCUT2D eigenvalue weighted by molar-refractivity contribution is 0.453. The zero-order chi connectivity index (χ0) is 13.1. The molecule has 0 aliphatic heterocycles. The van der Waals surface area contributed by atoms with Gasteiger partial charge in [-0.1, -0.05) is 6.07 Å². The van der Waals surface area contributed by atoms with Crippen LogP contribution in [-0.2, 0) is 0 Å². The smallest absolute Gasteiger partial charge is 0.219 e. The fourth-order valence-corrected chi connectivity index (χ4v) is 1.56. The third-order valence-electron chi connectivity index (χ3n) is 2.65. The Kier molecular flexibility index (Phi) is 3.58. The van der Waals surface area contributed by atoms with Gasteiger partial charge in [-0.15, -0.1) is 0 Å². The second kappa shape index (κ2) is 5.14. The molecule has 0 aliphatic rings. The van der Waals surface area contributed by atoms with Crippen molar-refractivity contribution in [1.29, 1.82) is 0 Å². The topological polar surface area (TPSA) is 48.1 Å². The van der Waals surface area contributed by atoms with E-state index in [9.17, 15) is 4.39 Å². The highest BCUT2D eigenvalue weighted by molar-refractivity contribution is 5.36. The van der Waals surface area contributed by atoms with Crippen LogP contribution in [0.3, 0.4) is 0 Å². The number of ether oxygens (including phenoxy) is 1. The van der Waals surface area contributed by atoms with E-state index in [-0.39, 0.29) is 11.9 Å². The van der Waals surface area contributed by atoms with E-state index < -0.39 is 0 Å². The predicted octanol–water partition coefficient (Wildman–Crippen LogP) is 3.34. The largest absolute Gasteiger partial charge is 0.439 e. The van der Waals surface area contributed by atoms with Crippen molar-refractivity contribution in [1.82, 2.24) is 4.98 Å². The quantitative estimate of drug-likeness (QED) is 0.903. The Balaban J connectivity index is 2.28. The van der Waals surface area contributed by atoms with Crippen molar-refractivity contribution in [3.63, 3.8) is 0 Å². The van der Waals surface area contributed by atoms with Gasteiger partial charge in [0.2, 0.25) is 5.88 Å². The number of pyridine rings is 1. The second-order valence-electron chi connectivity index (χ2n) is 4.23. The molecule has 2 rings (SSSR count). The monoisotopic (exact) mass is 246 g/mol. The van der Waals surface area contributed by atoms with Gasteiger partial charge in [-0.2, -0.15) is 0 Å². The van der Waals surface area contributed by atoms with Crippen molar-refractivity contribution in [2.75, 3.05) is 0 Å². The van der Waals surface area contributed by atoms with E-state index >= 15 is 0 Å². The average Bonchev–Trinajstić information content (AvgIpc) is 2.34. The Bertz CT molecular complexity index is 555. The summed E-state index contributed by atoms with van der Waals surface area (Å²) in [5.41, 5.74) is 7.56. The first-order valence-electron chi connectivity index (χ1n) is 5.72. The minimum atomic E-state index is -0.334. The van der Waals surface area contributed by atoms with Crippen LogP contribution < -0.4 is 10.5 Å². The van der Waals surface area contributed by atoms with E-state index in [1.165, 1.54) is 12.1 Å². The van der Waals surface area contributed by atoms with E-state index in [0.29, 0.717) is 11.6 Å². The third-order valence-corrected chi connectivity index (χ3v) is 2.65. The molecule has 0 saturated carbocycles. The summed E-state index contributed by atoms with van der Waals surface area (Å²) in [5.74, 6) is 0.543. The Labute approximate surface area is 105 Å². The lowest BCUT2D eigenvalue weighted by Gasteiger charge is -2.10. The number of aromatic nitrogens is 1. The Morgan fingerprint density at radius 2 is 2.06 bits per heavy atom. The minimum Gasteiger partial charge on any atom is -0.439 e. The van der Waals surface area contributed by atoms with Crippen LogP contribution in [0.1, 0.15) is 24.1 Å². The summed E-state index contributed by atoms with van der Waals surface area (Å²) in [5, 5.41) is 0. The molecule has 2 N–H and O–H groups in total. The highest BCUT2D eigenvalue weighted by atomic mass is 19.1. The van der Waals surface area contributed by atoms with Crippen LogP contribution in [0.15, 0.2) is 36.5 Å². The van der Waals surface area contributed by atoms with Gasteiger partial charge in [0.15, 0.2) is 0 Å². The number of aryl methyl sites for hydroxylation is 1. The molecule has 0 fully saturated rings. The third kappa shape index (κ3) is 2.84. The summed E-state index contributed by atoms with van der Waals surface area (Å²) >= 11 is 0. The van der Waals surface area contributed by atoms with Gasteiger partial charge in [-0.3, -0.25) is 0 Å². The van der Waals surface area contributed by atoms with Crippen molar-refractivity contribution in [3.05, 3.63) is 53.5 Å². The molecule has 0 bridgehead atoms. The summed E-state index contributed by atoms with van der Waals surface area (Å²) < 4.78 is 18.7. The molecule has 3 nitrogen and oxygen atoms in total. The first-order chi connectivity index (χ1) is 8.56. The highest BCUT2D eigenvalue weighted by Crippen LogP contribution is 2.25. The molecule has 18 heavy (non-hydrogen) atoms. The van der Waals surface area contributed by atoms with E-state index in [1.54, 1.807) is 18.3 Å². The molecule has 1 aromatic heterocycles. The molecule has 94 valence electrons. The molecule has 4 heteroatoms. The first-order valence-corrected chi connectivity index (χ1v) is 5.72. The number of nitrogens with zero attached hydrogens (tertiary/aromatic N) is 1. The van der Waals surface area contributed by atoms with Crippen LogP contribution in [0, 0.1) is 12.7 Å². The Morgan fingerprint density at radius 1 is 1.28 bits per heavy atom. The summed E-state index contributed by atoms with van der Waals surface area (Å²) in [6, 6.07) is 7.90. The lowest BCUT2D eigenvalue weighted by atomic mass is 10.1. The molecule has 1 heterocycles. The van der Waals surface area contributed by atoms with Crippen LogP contribution in [0.25, 0.3) is 0 Å². The number of halogens is 1. The van der Waals surface area contributed by atoms with Gasteiger partial charge in [-0.05, 0) is 37.1 Å². The molecule has 0 spiro atoms. The van der Waals surface area contributed by atoms with Gasteiger partial charge in [0, 0.05) is 24.4 Å². The second-order valence-corrected chi connectivity index (χ2v) is 4.23. The van der Waals surface area contributed by atoms with E-state index in [0.717, 1.165) is 11.1 Å². The summed E-state index contributed by atoms with van der Waals surface area (Å²) in [4.78, 5) is 4.09. The normalized spacial score (nSPS) is 12.2. The molecule has 0 unspecified atom stereocenters. The van der Waals surface area contributed by atoms with Crippen LogP contribution in [0.2, 0.25) is 0 Å². The maximum absolute atomic E-state index is 13.1. The SMILES string of the molecule is Cc1ccc(F)cc1Oc1cc([C@@H](C)N)ccn1. The van der Waals surface area contributed by atoms with Gasteiger partial charge in [0.1, 0.15) is 11.6 Å². The molecule has 0 radical (unpaired) electrons. The van der Waals surface area contributed by atoms with E-state index in [2.05, 4.69) is 4.98 Å². The minimum absolute atomic E-state index is 0.0936. The number of hydrogen-bond donors (Lipinski definition) is 1. The van der Waals surface area contributed by atoms with Gasteiger partial charge in [0.05, 0.1) is 0 Å². The van der Waals surface area contributed by atoms with Gasteiger partial charge < -0.3 is 10.5 Å². The van der Waals surface area contributed by atoms with Crippen molar-refractivity contribution < 1.29 is 9.13 Å².